The molecule has 1 heteroatoms. The molecule has 1 aromatic carbocycles. The Morgan fingerprint density at radius 3 is 2.21 bits per heavy atom. The van der Waals surface area contributed by atoms with Crippen molar-refractivity contribution in [3.8, 4) is 0 Å². The Bertz CT molecular complexity index is 263. The van der Waals surface area contributed by atoms with E-state index in [-0.39, 0.29) is 6.61 Å². The van der Waals surface area contributed by atoms with Crippen LogP contribution in [0.1, 0.15) is 37.3 Å². The third-order valence-corrected chi connectivity index (χ3v) is 3.03. The molecular formula is C13H20O. The second-order valence-corrected chi connectivity index (χ2v) is 4.09. The molecule has 0 radical (unpaired) electrons. The van der Waals surface area contributed by atoms with E-state index in [0.717, 1.165) is 6.42 Å². The summed E-state index contributed by atoms with van der Waals surface area (Å²) >= 11 is 0. The van der Waals surface area contributed by atoms with Crippen molar-refractivity contribution in [3.05, 3.63) is 35.4 Å². The number of hydrogen-bond acceptors (Lipinski definition) is 1. The quantitative estimate of drug-likeness (QED) is 0.777. The van der Waals surface area contributed by atoms with Gasteiger partial charge in [0, 0.05) is 5.92 Å². The largest absolute Gasteiger partial charge is 0.396 e. The fourth-order valence-electron chi connectivity index (χ4n) is 1.71. The van der Waals surface area contributed by atoms with E-state index >= 15 is 0 Å². The molecule has 1 aromatic rings. The lowest BCUT2D eigenvalue weighted by Crippen LogP contribution is -2.13. The van der Waals surface area contributed by atoms with Crippen LogP contribution < -0.4 is 0 Å². The molecule has 0 heterocycles. The maximum atomic E-state index is 9.35. The Morgan fingerprint density at radius 2 is 1.79 bits per heavy atom. The van der Waals surface area contributed by atoms with Crippen LogP contribution >= 0.6 is 0 Å². The Labute approximate surface area is 86.8 Å². The summed E-state index contributed by atoms with van der Waals surface area (Å²) in [4.78, 5) is 0. The Hall–Kier alpha value is -0.820. The molecule has 14 heavy (non-hydrogen) atoms. The van der Waals surface area contributed by atoms with Crippen molar-refractivity contribution in [2.24, 2.45) is 5.92 Å². The first kappa shape index (κ1) is 11.3. The highest BCUT2D eigenvalue weighted by Gasteiger charge is 2.16. The van der Waals surface area contributed by atoms with Crippen LogP contribution in [0.5, 0.6) is 0 Å². The molecule has 78 valence electrons. The smallest absolute Gasteiger partial charge is 0.0502 e. The minimum absolute atomic E-state index is 0.248. The Morgan fingerprint density at radius 1 is 1.21 bits per heavy atom. The van der Waals surface area contributed by atoms with E-state index in [9.17, 15) is 5.11 Å². The van der Waals surface area contributed by atoms with E-state index in [1.165, 1.54) is 11.1 Å². The molecule has 0 fully saturated rings. The first-order chi connectivity index (χ1) is 6.69. The van der Waals surface area contributed by atoms with Gasteiger partial charge in [0.1, 0.15) is 0 Å². The fourth-order valence-corrected chi connectivity index (χ4v) is 1.71. The van der Waals surface area contributed by atoms with Gasteiger partial charge in [0.15, 0.2) is 0 Å². The third kappa shape index (κ3) is 2.58. The molecule has 0 saturated carbocycles. The summed E-state index contributed by atoms with van der Waals surface area (Å²) in [5.41, 5.74) is 2.53. The van der Waals surface area contributed by atoms with Crippen molar-refractivity contribution in [1.82, 2.24) is 0 Å². The van der Waals surface area contributed by atoms with Crippen molar-refractivity contribution in [2.75, 3.05) is 6.61 Å². The monoisotopic (exact) mass is 192 g/mol. The summed E-state index contributed by atoms with van der Waals surface area (Å²) in [7, 11) is 0. The van der Waals surface area contributed by atoms with Crippen LogP contribution in [0.25, 0.3) is 0 Å². The second-order valence-electron chi connectivity index (χ2n) is 4.09. The molecule has 0 amide bonds. The molecule has 0 spiro atoms. The minimum atomic E-state index is 0.248. The summed E-state index contributed by atoms with van der Waals surface area (Å²) in [6.07, 6.45) is 1.11. The number of benzene rings is 1. The predicted molar refractivity (Wildman–Crippen MR) is 60.5 cm³/mol. The molecular weight excluding hydrogens is 172 g/mol. The molecule has 2 atom stereocenters. The molecule has 0 bridgehead atoms. The van der Waals surface area contributed by atoms with Crippen LogP contribution in [0.3, 0.4) is 0 Å². The Kier molecular flexibility index (Phi) is 4.15. The fraction of sp³-hybridized carbons (Fsp3) is 0.538. The van der Waals surface area contributed by atoms with Gasteiger partial charge < -0.3 is 5.11 Å². The molecule has 0 saturated heterocycles. The number of aliphatic hydroxyl groups is 1. The highest BCUT2D eigenvalue weighted by molar-refractivity contribution is 5.25. The van der Waals surface area contributed by atoms with Gasteiger partial charge >= 0.3 is 0 Å². The summed E-state index contributed by atoms with van der Waals surface area (Å²) in [6.45, 7) is 6.70. The first-order valence-corrected chi connectivity index (χ1v) is 5.36. The van der Waals surface area contributed by atoms with Gasteiger partial charge in [0.25, 0.3) is 0 Å². The SMILES string of the molecule is CCC(C)C(CO)c1ccc(C)cc1. The van der Waals surface area contributed by atoms with Gasteiger partial charge in [-0.15, -0.1) is 0 Å². The van der Waals surface area contributed by atoms with Crippen LogP contribution in [0.15, 0.2) is 24.3 Å². The lowest BCUT2D eigenvalue weighted by Gasteiger charge is -2.21. The highest BCUT2D eigenvalue weighted by atomic mass is 16.3. The topological polar surface area (TPSA) is 20.2 Å². The molecule has 1 N–H and O–H groups in total. The van der Waals surface area contributed by atoms with E-state index in [0.29, 0.717) is 11.8 Å². The average molecular weight is 192 g/mol. The number of hydrogen-bond donors (Lipinski definition) is 1. The van der Waals surface area contributed by atoms with Gasteiger partial charge in [-0.05, 0) is 18.4 Å². The zero-order chi connectivity index (χ0) is 10.6. The third-order valence-electron chi connectivity index (χ3n) is 3.03. The van der Waals surface area contributed by atoms with Gasteiger partial charge in [0.2, 0.25) is 0 Å². The van der Waals surface area contributed by atoms with Gasteiger partial charge in [0.05, 0.1) is 6.61 Å². The van der Waals surface area contributed by atoms with Crippen molar-refractivity contribution in [1.29, 1.82) is 0 Å². The summed E-state index contributed by atoms with van der Waals surface area (Å²) < 4.78 is 0. The van der Waals surface area contributed by atoms with E-state index in [2.05, 4.69) is 45.0 Å². The maximum absolute atomic E-state index is 9.35. The van der Waals surface area contributed by atoms with E-state index in [4.69, 9.17) is 0 Å². The van der Waals surface area contributed by atoms with Gasteiger partial charge in [-0.25, -0.2) is 0 Å². The minimum Gasteiger partial charge on any atom is -0.396 e. The lowest BCUT2D eigenvalue weighted by molar-refractivity contribution is 0.229. The molecule has 2 unspecified atom stereocenters. The van der Waals surface area contributed by atoms with Crippen LogP contribution in [0, 0.1) is 12.8 Å². The number of aliphatic hydroxyl groups excluding tert-OH is 1. The normalized spacial score (nSPS) is 15.1. The summed E-state index contributed by atoms with van der Waals surface area (Å²) in [5, 5.41) is 9.35. The van der Waals surface area contributed by atoms with Gasteiger partial charge in [-0.1, -0.05) is 50.1 Å². The van der Waals surface area contributed by atoms with Gasteiger partial charge in [-0.2, -0.15) is 0 Å². The predicted octanol–water partition coefficient (Wildman–Crippen LogP) is 3.12. The zero-order valence-electron chi connectivity index (χ0n) is 9.33. The highest BCUT2D eigenvalue weighted by Crippen LogP contribution is 2.26. The molecule has 0 aliphatic rings. The zero-order valence-corrected chi connectivity index (χ0v) is 9.33. The molecule has 0 aromatic heterocycles. The number of rotatable bonds is 4. The maximum Gasteiger partial charge on any atom is 0.0502 e. The van der Waals surface area contributed by atoms with E-state index in [1.54, 1.807) is 0 Å². The van der Waals surface area contributed by atoms with Crippen molar-refractivity contribution < 1.29 is 5.11 Å². The Balaban J connectivity index is 2.84. The van der Waals surface area contributed by atoms with Crippen LogP contribution in [-0.4, -0.2) is 11.7 Å². The van der Waals surface area contributed by atoms with Crippen LogP contribution in [-0.2, 0) is 0 Å². The van der Waals surface area contributed by atoms with Crippen molar-refractivity contribution >= 4 is 0 Å². The first-order valence-electron chi connectivity index (χ1n) is 5.36. The second kappa shape index (κ2) is 5.16. The molecule has 1 nitrogen and oxygen atoms in total. The number of aryl methyl sites for hydroxylation is 1. The summed E-state index contributed by atoms with van der Waals surface area (Å²) in [5.74, 6) is 0.836. The molecule has 0 aliphatic carbocycles. The lowest BCUT2D eigenvalue weighted by atomic mass is 9.86. The van der Waals surface area contributed by atoms with Crippen molar-refractivity contribution in [3.63, 3.8) is 0 Å². The standard InChI is InChI=1S/C13H20O/c1-4-11(3)13(9-14)12-7-5-10(2)6-8-12/h5-8,11,13-14H,4,9H2,1-3H3. The molecule has 0 aliphatic heterocycles. The van der Waals surface area contributed by atoms with E-state index in [1.807, 2.05) is 0 Å². The molecule has 1 rings (SSSR count). The van der Waals surface area contributed by atoms with Gasteiger partial charge in [-0.3, -0.25) is 0 Å². The van der Waals surface area contributed by atoms with Crippen LogP contribution in [0.4, 0.5) is 0 Å². The van der Waals surface area contributed by atoms with E-state index < -0.39 is 0 Å². The van der Waals surface area contributed by atoms with Crippen molar-refractivity contribution in [2.45, 2.75) is 33.1 Å². The van der Waals surface area contributed by atoms with Crippen LogP contribution in [0.2, 0.25) is 0 Å². The average Bonchev–Trinajstić information content (AvgIpc) is 2.21. The summed E-state index contributed by atoms with van der Waals surface area (Å²) in [6, 6.07) is 8.48.